The Hall–Kier alpha value is -3.22. The molecule has 3 rings (SSSR count). The number of pyridine rings is 2. The van der Waals surface area contributed by atoms with Crippen LogP contribution in [0.1, 0.15) is 35.2 Å². The lowest BCUT2D eigenvalue weighted by molar-refractivity contribution is 0.0948. The third-order valence-corrected chi connectivity index (χ3v) is 3.78. The van der Waals surface area contributed by atoms with E-state index >= 15 is 0 Å². The Kier molecular flexibility index (Phi) is 5.58. The van der Waals surface area contributed by atoms with Crippen molar-refractivity contribution in [2.24, 2.45) is 0 Å². The molecule has 0 bridgehead atoms. The van der Waals surface area contributed by atoms with Gasteiger partial charge in [-0.2, -0.15) is 0 Å². The van der Waals surface area contributed by atoms with Crippen LogP contribution in [0.15, 0.2) is 47.2 Å². The van der Waals surface area contributed by atoms with E-state index in [2.05, 4.69) is 20.4 Å². The molecule has 1 N–H and O–H groups in total. The normalized spacial score (nSPS) is 10.5. The van der Waals surface area contributed by atoms with Crippen LogP contribution >= 0.6 is 0 Å². The molecule has 0 aliphatic carbocycles. The number of hydrogen-bond donors (Lipinski definition) is 1. The molecular weight excluding hydrogens is 332 g/mol. The third kappa shape index (κ3) is 4.05. The van der Waals surface area contributed by atoms with Gasteiger partial charge in [0.15, 0.2) is 0 Å². The molecule has 0 saturated heterocycles. The molecule has 3 aromatic heterocycles. The molecule has 26 heavy (non-hydrogen) atoms. The van der Waals surface area contributed by atoms with Crippen molar-refractivity contribution < 1.29 is 14.1 Å². The van der Waals surface area contributed by atoms with Gasteiger partial charge in [0.25, 0.3) is 5.91 Å². The van der Waals surface area contributed by atoms with E-state index in [0.29, 0.717) is 29.4 Å². The molecule has 0 unspecified atom stereocenters. The van der Waals surface area contributed by atoms with Crippen molar-refractivity contribution in [2.45, 2.75) is 26.9 Å². The first-order chi connectivity index (χ1) is 12.7. The molecule has 134 valence electrons. The van der Waals surface area contributed by atoms with Crippen molar-refractivity contribution >= 4 is 5.91 Å². The molecule has 7 heteroatoms. The number of nitrogens with zero attached hydrogens (tertiary/aromatic N) is 3. The number of hydrogen-bond acceptors (Lipinski definition) is 6. The number of ether oxygens (including phenoxy) is 1. The van der Waals surface area contributed by atoms with Crippen LogP contribution < -0.4 is 10.1 Å². The van der Waals surface area contributed by atoms with Crippen molar-refractivity contribution in [1.82, 2.24) is 20.4 Å². The minimum absolute atomic E-state index is 0.189. The van der Waals surface area contributed by atoms with Gasteiger partial charge in [0.2, 0.25) is 0 Å². The van der Waals surface area contributed by atoms with Gasteiger partial charge in [-0.05, 0) is 37.6 Å². The van der Waals surface area contributed by atoms with Crippen LogP contribution in [0.4, 0.5) is 0 Å². The van der Waals surface area contributed by atoms with Crippen molar-refractivity contribution in [3.8, 4) is 17.1 Å². The highest BCUT2D eigenvalue weighted by molar-refractivity contribution is 5.92. The molecule has 3 aromatic rings. The predicted octanol–water partition coefficient (Wildman–Crippen LogP) is 3.16. The summed E-state index contributed by atoms with van der Waals surface area (Å²) in [6.07, 6.45) is 4.12. The Labute approximate surface area is 151 Å². The average molecular weight is 352 g/mol. The lowest BCUT2D eigenvalue weighted by Gasteiger charge is -2.07. The van der Waals surface area contributed by atoms with Crippen molar-refractivity contribution in [3.05, 3.63) is 59.7 Å². The molecule has 0 aliphatic heterocycles. The van der Waals surface area contributed by atoms with Gasteiger partial charge in [-0.1, -0.05) is 18.1 Å². The molecule has 0 aliphatic rings. The molecule has 0 radical (unpaired) electrons. The molecule has 0 spiro atoms. The quantitative estimate of drug-likeness (QED) is 0.702. The maximum absolute atomic E-state index is 11.9. The minimum atomic E-state index is -0.189. The van der Waals surface area contributed by atoms with Gasteiger partial charge in [-0.25, -0.2) is 4.98 Å². The van der Waals surface area contributed by atoms with Gasteiger partial charge in [0.1, 0.15) is 29.5 Å². The second-order valence-electron chi connectivity index (χ2n) is 5.70. The fraction of sp³-hybridized carbons (Fsp3) is 0.263. The Bertz CT molecular complexity index is 860. The molecule has 0 aromatic carbocycles. The summed E-state index contributed by atoms with van der Waals surface area (Å²) in [6, 6.07) is 8.96. The van der Waals surface area contributed by atoms with Crippen LogP contribution in [-0.2, 0) is 6.61 Å². The first-order valence-electron chi connectivity index (χ1n) is 8.42. The van der Waals surface area contributed by atoms with Gasteiger partial charge in [0.05, 0.1) is 17.5 Å². The summed E-state index contributed by atoms with van der Waals surface area (Å²) in [5, 5.41) is 6.86. The monoisotopic (exact) mass is 352 g/mol. The average Bonchev–Trinajstić information content (AvgIpc) is 3.06. The third-order valence-electron chi connectivity index (χ3n) is 3.78. The number of amides is 1. The van der Waals surface area contributed by atoms with Gasteiger partial charge >= 0.3 is 0 Å². The van der Waals surface area contributed by atoms with E-state index in [1.54, 1.807) is 18.3 Å². The fourth-order valence-electron chi connectivity index (χ4n) is 2.35. The molecule has 0 saturated carbocycles. The zero-order chi connectivity index (χ0) is 18.4. The molecule has 0 fully saturated rings. The van der Waals surface area contributed by atoms with Gasteiger partial charge in [-0.3, -0.25) is 9.78 Å². The zero-order valence-corrected chi connectivity index (χ0v) is 14.7. The molecule has 7 nitrogen and oxygen atoms in total. The van der Waals surface area contributed by atoms with Crippen LogP contribution in [0.5, 0.6) is 5.75 Å². The Morgan fingerprint density at radius 3 is 2.81 bits per heavy atom. The number of aromatic nitrogens is 3. The highest BCUT2D eigenvalue weighted by Gasteiger charge is 2.16. The number of carbonyl (C=O) groups is 1. The molecule has 0 atom stereocenters. The number of rotatable bonds is 7. The summed E-state index contributed by atoms with van der Waals surface area (Å²) in [6.45, 7) is 4.72. The van der Waals surface area contributed by atoms with E-state index in [1.165, 1.54) is 6.20 Å². The summed E-state index contributed by atoms with van der Waals surface area (Å²) in [5.74, 6) is 1.05. The van der Waals surface area contributed by atoms with Crippen molar-refractivity contribution in [2.75, 3.05) is 6.54 Å². The summed E-state index contributed by atoms with van der Waals surface area (Å²) >= 11 is 0. The SMILES string of the molecule is CCCNC(=O)c1ccc(OCc2c(-c3ccccn3)noc2C)cn1. The topological polar surface area (TPSA) is 90.1 Å². The van der Waals surface area contributed by atoms with Crippen LogP contribution in [0, 0.1) is 6.92 Å². The van der Waals surface area contributed by atoms with E-state index in [1.807, 2.05) is 32.0 Å². The number of nitrogens with one attached hydrogen (secondary N) is 1. The summed E-state index contributed by atoms with van der Waals surface area (Å²) in [5.41, 5.74) is 2.57. The Balaban J connectivity index is 1.68. The van der Waals surface area contributed by atoms with Crippen molar-refractivity contribution in [1.29, 1.82) is 0 Å². The second kappa shape index (κ2) is 8.24. The first kappa shape index (κ1) is 17.6. The largest absolute Gasteiger partial charge is 0.487 e. The summed E-state index contributed by atoms with van der Waals surface area (Å²) in [7, 11) is 0. The fourth-order valence-corrected chi connectivity index (χ4v) is 2.35. The molecule has 1 amide bonds. The predicted molar refractivity (Wildman–Crippen MR) is 95.7 cm³/mol. The molecule has 3 heterocycles. The van der Waals surface area contributed by atoms with Gasteiger partial charge in [0, 0.05) is 12.7 Å². The van der Waals surface area contributed by atoms with Crippen LogP contribution in [-0.4, -0.2) is 27.6 Å². The van der Waals surface area contributed by atoms with E-state index in [9.17, 15) is 4.79 Å². The van der Waals surface area contributed by atoms with Crippen LogP contribution in [0.25, 0.3) is 11.4 Å². The second-order valence-corrected chi connectivity index (χ2v) is 5.70. The van der Waals surface area contributed by atoms with E-state index < -0.39 is 0 Å². The maximum atomic E-state index is 11.9. The van der Waals surface area contributed by atoms with E-state index in [-0.39, 0.29) is 12.5 Å². The van der Waals surface area contributed by atoms with Crippen LogP contribution in [0.3, 0.4) is 0 Å². The van der Waals surface area contributed by atoms with E-state index in [4.69, 9.17) is 9.26 Å². The van der Waals surface area contributed by atoms with E-state index in [0.717, 1.165) is 17.7 Å². The summed E-state index contributed by atoms with van der Waals surface area (Å²) < 4.78 is 11.1. The van der Waals surface area contributed by atoms with Crippen molar-refractivity contribution in [3.63, 3.8) is 0 Å². The summed E-state index contributed by atoms with van der Waals surface area (Å²) in [4.78, 5) is 20.3. The first-order valence-corrected chi connectivity index (χ1v) is 8.42. The Morgan fingerprint density at radius 1 is 1.23 bits per heavy atom. The standard InChI is InChI=1S/C19H20N4O3/c1-3-9-21-19(24)17-8-7-14(11-22-17)25-12-15-13(2)26-23-18(15)16-6-4-5-10-20-16/h4-8,10-11H,3,9,12H2,1-2H3,(H,21,24). The highest BCUT2D eigenvalue weighted by Crippen LogP contribution is 2.24. The lowest BCUT2D eigenvalue weighted by atomic mass is 10.1. The van der Waals surface area contributed by atoms with Gasteiger partial charge in [-0.15, -0.1) is 0 Å². The lowest BCUT2D eigenvalue weighted by Crippen LogP contribution is -2.24. The zero-order valence-electron chi connectivity index (χ0n) is 14.7. The van der Waals surface area contributed by atoms with Crippen LogP contribution in [0.2, 0.25) is 0 Å². The van der Waals surface area contributed by atoms with Gasteiger partial charge < -0.3 is 14.6 Å². The smallest absolute Gasteiger partial charge is 0.269 e. The highest BCUT2D eigenvalue weighted by atomic mass is 16.5. The molecular formula is C19H20N4O3. The Morgan fingerprint density at radius 2 is 2.12 bits per heavy atom. The number of aryl methyl sites for hydroxylation is 1. The maximum Gasteiger partial charge on any atom is 0.269 e. The number of carbonyl (C=O) groups excluding carboxylic acids is 1. The minimum Gasteiger partial charge on any atom is -0.487 e.